The van der Waals surface area contributed by atoms with Gasteiger partial charge in [0.15, 0.2) is 0 Å². The number of nitrogens with zero attached hydrogens (tertiary/aromatic N) is 3. The van der Waals surface area contributed by atoms with Crippen LogP contribution in [0.3, 0.4) is 0 Å². The molecule has 0 unspecified atom stereocenters. The Morgan fingerprint density at radius 2 is 1.88 bits per heavy atom. The molecule has 0 radical (unpaired) electrons. The van der Waals surface area contributed by atoms with Gasteiger partial charge in [-0.05, 0) is 26.0 Å². The van der Waals surface area contributed by atoms with E-state index in [0.717, 1.165) is 22.3 Å². The SMILES string of the molecule is CC1=C(C)N(c2ccccc2)N([N+](=O)[O-])N1. The molecule has 0 bridgehead atoms. The van der Waals surface area contributed by atoms with Crippen LogP contribution < -0.4 is 10.4 Å². The van der Waals surface area contributed by atoms with Crippen LogP contribution in [0.4, 0.5) is 5.69 Å². The topological polar surface area (TPSA) is 61.7 Å². The second-order valence-electron chi connectivity index (χ2n) is 3.50. The van der Waals surface area contributed by atoms with Gasteiger partial charge in [0.1, 0.15) is 0 Å². The Balaban J connectivity index is 2.40. The smallest absolute Gasteiger partial charge is 0.203 e. The zero-order chi connectivity index (χ0) is 11.7. The van der Waals surface area contributed by atoms with E-state index in [4.69, 9.17) is 0 Å². The van der Waals surface area contributed by atoms with Crippen molar-refractivity contribution in [3.8, 4) is 0 Å². The molecule has 2 rings (SSSR count). The minimum absolute atomic E-state index is 0.493. The third kappa shape index (κ3) is 1.54. The molecule has 0 aromatic heterocycles. The summed E-state index contributed by atoms with van der Waals surface area (Å²) < 4.78 is 0. The maximum atomic E-state index is 10.9. The van der Waals surface area contributed by atoms with Gasteiger partial charge in [0, 0.05) is 0 Å². The lowest BCUT2D eigenvalue weighted by atomic mass is 10.3. The average molecular weight is 220 g/mol. The number of rotatable bonds is 2. The first-order valence-corrected chi connectivity index (χ1v) is 4.85. The summed E-state index contributed by atoms with van der Waals surface area (Å²) >= 11 is 0. The number of benzene rings is 1. The quantitative estimate of drug-likeness (QED) is 0.606. The van der Waals surface area contributed by atoms with Gasteiger partial charge in [0.25, 0.3) is 0 Å². The number of allylic oxidation sites excluding steroid dienone is 2. The molecule has 0 saturated carbocycles. The molecule has 6 nitrogen and oxygen atoms in total. The molecular formula is C10H12N4O2. The second-order valence-corrected chi connectivity index (χ2v) is 3.50. The summed E-state index contributed by atoms with van der Waals surface area (Å²) in [5, 5.41) is 12.8. The molecule has 1 heterocycles. The van der Waals surface area contributed by atoms with Gasteiger partial charge in [0.05, 0.1) is 22.3 Å². The number of hydrogen-bond acceptors (Lipinski definition) is 4. The predicted octanol–water partition coefficient (Wildman–Crippen LogP) is 1.67. The Bertz CT molecular complexity index is 443. The van der Waals surface area contributed by atoms with Crippen molar-refractivity contribution < 1.29 is 5.03 Å². The van der Waals surface area contributed by atoms with Gasteiger partial charge in [-0.15, -0.1) is 0 Å². The van der Waals surface area contributed by atoms with Gasteiger partial charge in [-0.25, -0.2) is 15.5 Å². The standard InChI is InChI=1S/C10H12N4O2/c1-8-9(2)12(13(11-8)14(15)16)10-6-4-3-5-7-10/h3-7,11H,1-2H3. The van der Waals surface area contributed by atoms with E-state index in [2.05, 4.69) is 5.43 Å². The Labute approximate surface area is 92.8 Å². The lowest BCUT2D eigenvalue weighted by Crippen LogP contribution is -2.47. The summed E-state index contributed by atoms with van der Waals surface area (Å²) in [4.78, 5) is 10.9. The Kier molecular flexibility index (Phi) is 2.40. The van der Waals surface area contributed by atoms with E-state index in [0.29, 0.717) is 0 Å². The summed E-state index contributed by atoms with van der Waals surface area (Å²) in [5.74, 6) is 0. The minimum atomic E-state index is -0.493. The highest BCUT2D eigenvalue weighted by molar-refractivity contribution is 5.51. The molecule has 0 atom stereocenters. The van der Waals surface area contributed by atoms with Crippen molar-refractivity contribution in [2.75, 3.05) is 5.01 Å². The Morgan fingerprint density at radius 1 is 1.25 bits per heavy atom. The van der Waals surface area contributed by atoms with E-state index in [9.17, 15) is 10.1 Å². The number of anilines is 1. The maximum Gasteiger partial charge on any atom is 0.203 e. The van der Waals surface area contributed by atoms with E-state index in [1.54, 1.807) is 6.92 Å². The van der Waals surface area contributed by atoms with Gasteiger partial charge >= 0.3 is 0 Å². The molecule has 0 saturated heterocycles. The third-order valence-corrected chi connectivity index (χ3v) is 2.47. The normalized spacial score (nSPS) is 15.4. The highest BCUT2D eigenvalue weighted by Crippen LogP contribution is 2.26. The van der Waals surface area contributed by atoms with Crippen molar-refractivity contribution in [3.63, 3.8) is 0 Å². The van der Waals surface area contributed by atoms with E-state index in [-0.39, 0.29) is 0 Å². The molecule has 1 aliphatic rings. The van der Waals surface area contributed by atoms with Gasteiger partial charge in [0.2, 0.25) is 5.03 Å². The van der Waals surface area contributed by atoms with Crippen molar-refractivity contribution in [1.29, 1.82) is 0 Å². The Morgan fingerprint density at radius 3 is 2.44 bits per heavy atom. The molecule has 1 aliphatic heterocycles. The zero-order valence-corrected chi connectivity index (χ0v) is 9.04. The van der Waals surface area contributed by atoms with Crippen molar-refractivity contribution in [1.82, 2.24) is 10.7 Å². The lowest BCUT2D eigenvalue weighted by Gasteiger charge is -2.22. The van der Waals surface area contributed by atoms with Crippen molar-refractivity contribution >= 4 is 5.69 Å². The number of hydrogen-bond donors (Lipinski definition) is 1. The fourth-order valence-corrected chi connectivity index (χ4v) is 1.57. The summed E-state index contributed by atoms with van der Waals surface area (Å²) in [7, 11) is 0. The monoisotopic (exact) mass is 220 g/mol. The van der Waals surface area contributed by atoms with Gasteiger partial charge in [-0.2, -0.15) is 5.01 Å². The van der Waals surface area contributed by atoms with E-state index >= 15 is 0 Å². The third-order valence-electron chi connectivity index (χ3n) is 2.47. The number of para-hydroxylation sites is 1. The molecule has 16 heavy (non-hydrogen) atoms. The molecule has 6 heteroatoms. The van der Waals surface area contributed by atoms with Crippen LogP contribution in [0.5, 0.6) is 0 Å². The summed E-state index contributed by atoms with van der Waals surface area (Å²) in [6, 6.07) is 9.19. The van der Waals surface area contributed by atoms with E-state index in [1.165, 1.54) is 5.01 Å². The van der Waals surface area contributed by atoms with E-state index in [1.807, 2.05) is 37.3 Å². The number of nitrogens with one attached hydrogen (secondary N) is 1. The van der Waals surface area contributed by atoms with Crippen LogP contribution >= 0.6 is 0 Å². The van der Waals surface area contributed by atoms with Gasteiger partial charge < -0.3 is 0 Å². The fourth-order valence-electron chi connectivity index (χ4n) is 1.57. The molecule has 0 aliphatic carbocycles. The highest BCUT2D eigenvalue weighted by Gasteiger charge is 2.33. The van der Waals surface area contributed by atoms with Crippen LogP contribution in [0, 0.1) is 10.1 Å². The first kappa shape index (κ1) is 10.3. The predicted molar refractivity (Wildman–Crippen MR) is 59.3 cm³/mol. The molecule has 0 spiro atoms. The number of hydrazine groups is 3. The van der Waals surface area contributed by atoms with Crippen LogP contribution in [0.2, 0.25) is 0 Å². The molecule has 1 N–H and O–H groups in total. The summed E-state index contributed by atoms with van der Waals surface area (Å²) in [5.41, 5.74) is 5.02. The molecule has 1 aromatic carbocycles. The fraction of sp³-hybridized carbons (Fsp3) is 0.200. The second kappa shape index (κ2) is 3.73. The summed E-state index contributed by atoms with van der Waals surface area (Å²) in [6.07, 6.45) is 0. The van der Waals surface area contributed by atoms with Gasteiger partial charge in [-0.1, -0.05) is 18.2 Å². The molecular weight excluding hydrogens is 208 g/mol. The van der Waals surface area contributed by atoms with Gasteiger partial charge in [-0.3, -0.25) is 0 Å². The first-order valence-electron chi connectivity index (χ1n) is 4.85. The molecule has 0 fully saturated rings. The molecule has 1 aromatic rings. The Hall–Kier alpha value is -2.24. The molecule has 0 amide bonds. The van der Waals surface area contributed by atoms with Crippen molar-refractivity contribution in [3.05, 3.63) is 51.8 Å². The zero-order valence-electron chi connectivity index (χ0n) is 9.04. The van der Waals surface area contributed by atoms with Crippen LogP contribution in [0.1, 0.15) is 13.8 Å². The van der Waals surface area contributed by atoms with Crippen LogP contribution in [-0.2, 0) is 0 Å². The van der Waals surface area contributed by atoms with Crippen LogP contribution in [-0.4, -0.2) is 10.3 Å². The largest absolute Gasteiger partial charge is 0.232 e. The average Bonchev–Trinajstić information content (AvgIpc) is 2.57. The highest BCUT2D eigenvalue weighted by atomic mass is 16.7. The van der Waals surface area contributed by atoms with E-state index < -0.39 is 5.03 Å². The molecule has 84 valence electrons. The van der Waals surface area contributed by atoms with Crippen LogP contribution in [0.15, 0.2) is 41.7 Å². The number of nitro groups is 1. The summed E-state index contributed by atoms with van der Waals surface area (Å²) in [6.45, 7) is 3.63. The van der Waals surface area contributed by atoms with Crippen LogP contribution in [0.25, 0.3) is 0 Å². The minimum Gasteiger partial charge on any atom is -0.232 e. The first-order chi connectivity index (χ1) is 7.61. The maximum absolute atomic E-state index is 10.9. The van der Waals surface area contributed by atoms with Crippen molar-refractivity contribution in [2.45, 2.75) is 13.8 Å². The lowest BCUT2D eigenvalue weighted by molar-refractivity contribution is -0.667. The van der Waals surface area contributed by atoms with Crippen molar-refractivity contribution in [2.24, 2.45) is 0 Å².